The average molecular weight is 520 g/mol. The monoisotopic (exact) mass is 519 g/mol. The Hall–Kier alpha value is -2.25. The Morgan fingerprint density at radius 1 is 0.833 bits per heavy atom. The zero-order valence-corrected chi connectivity index (χ0v) is 23.5. The summed E-state index contributed by atoms with van der Waals surface area (Å²) >= 11 is 0. The van der Waals surface area contributed by atoms with Crippen molar-refractivity contribution in [1.82, 2.24) is 4.31 Å². The van der Waals surface area contributed by atoms with Crippen molar-refractivity contribution in [1.29, 1.82) is 0 Å². The van der Waals surface area contributed by atoms with Gasteiger partial charge in [-0.05, 0) is 59.1 Å². The molecule has 0 amide bonds. The molecule has 1 saturated heterocycles. The minimum Gasteiger partial charge on any atom is -0.406 e. The Labute approximate surface area is 217 Å². The molecule has 190 valence electrons. The van der Waals surface area contributed by atoms with E-state index in [4.69, 9.17) is 4.43 Å². The molecule has 2 fully saturated rings. The van der Waals surface area contributed by atoms with E-state index in [2.05, 4.69) is 69.3 Å². The zero-order valence-electron chi connectivity index (χ0n) is 21.7. The van der Waals surface area contributed by atoms with Gasteiger partial charge < -0.3 is 4.43 Å². The van der Waals surface area contributed by atoms with Crippen LogP contribution in [0.15, 0.2) is 89.8 Å². The first kappa shape index (κ1) is 25.4. The first-order valence-electron chi connectivity index (χ1n) is 13.0. The van der Waals surface area contributed by atoms with Crippen molar-refractivity contribution in [2.45, 2.75) is 56.5 Å². The van der Waals surface area contributed by atoms with Crippen LogP contribution in [0.3, 0.4) is 0 Å². The quantitative estimate of drug-likeness (QED) is 0.414. The van der Waals surface area contributed by atoms with Gasteiger partial charge in [0.15, 0.2) is 0 Å². The molecule has 1 saturated carbocycles. The molecule has 3 atom stereocenters. The predicted octanol–water partition coefficient (Wildman–Crippen LogP) is 4.97. The van der Waals surface area contributed by atoms with Gasteiger partial charge in [-0.15, -0.1) is 0 Å². The molecule has 36 heavy (non-hydrogen) atoms. The lowest BCUT2D eigenvalue weighted by Crippen LogP contribution is -2.67. The molecule has 0 unspecified atom stereocenters. The van der Waals surface area contributed by atoms with E-state index in [0.717, 1.165) is 18.4 Å². The van der Waals surface area contributed by atoms with Gasteiger partial charge in [-0.25, -0.2) is 8.42 Å². The van der Waals surface area contributed by atoms with Gasteiger partial charge in [-0.2, -0.15) is 4.31 Å². The molecule has 3 aromatic carbocycles. The lowest BCUT2D eigenvalue weighted by atomic mass is 10.1. The van der Waals surface area contributed by atoms with Crippen molar-refractivity contribution in [3.8, 4) is 0 Å². The highest BCUT2D eigenvalue weighted by atomic mass is 32.2. The smallest absolute Gasteiger partial charge is 0.261 e. The van der Waals surface area contributed by atoms with Crippen molar-refractivity contribution in [2.24, 2.45) is 11.8 Å². The van der Waals surface area contributed by atoms with Gasteiger partial charge in [0.2, 0.25) is 10.0 Å². The van der Waals surface area contributed by atoms with Crippen LogP contribution in [0.4, 0.5) is 0 Å². The summed E-state index contributed by atoms with van der Waals surface area (Å²) in [6.45, 7) is 9.76. The van der Waals surface area contributed by atoms with E-state index < -0.39 is 18.3 Å². The normalized spacial score (nSPS) is 22.7. The highest BCUT2D eigenvalue weighted by molar-refractivity contribution is 7.89. The number of hydrogen-bond donors (Lipinski definition) is 0. The zero-order chi connectivity index (χ0) is 25.6. The number of nitrogens with zero attached hydrogens (tertiary/aromatic N) is 1. The van der Waals surface area contributed by atoms with Gasteiger partial charge in [0.1, 0.15) is 0 Å². The highest BCUT2D eigenvalue weighted by Gasteiger charge is 2.53. The van der Waals surface area contributed by atoms with Crippen LogP contribution in [0, 0.1) is 18.8 Å². The fourth-order valence-corrected chi connectivity index (χ4v) is 12.2. The predicted molar refractivity (Wildman–Crippen MR) is 149 cm³/mol. The van der Waals surface area contributed by atoms with Gasteiger partial charge in [-0.3, -0.25) is 0 Å². The Kier molecular flexibility index (Phi) is 6.75. The van der Waals surface area contributed by atoms with Crippen molar-refractivity contribution >= 4 is 28.7 Å². The summed E-state index contributed by atoms with van der Waals surface area (Å²) < 4.78 is 36.6. The van der Waals surface area contributed by atoms with E-state index >= 15 is 0 Å². The first-order valence-corrected chi connectivity index (χ1v) is 16.3. The molecular weight excluding hydrogens is 482 g/mol. The van der Waals surface area contributed by atoms with Crippen LogP contribution < -0.4 is 10.4 Å². The standard InChI is InChI=1S/C30H37NO3SSi/c1-23-15-17-27(18-16-23)35(32,33)31-21-25-19-24(25)20-26(31)22-34-36(30(2,3)4,28-11-7-5-8-12-28)29-13-9-6-10-14-29/h5-18,24-26H,19-22H2,1-4H3/t24-,25+,26+/m1/s1. The van der Waals surface area contributed by atoms with Crippen LogP contribution in [0.1, 0.15) is 39.2 Å². The fraction of sp³-hybridized carbons (Fsp3) is 0.400. The third-order valence-electron chi connectivity index (χ3n) is 8.00. The maximum Gasteiger partial charge on any atom is 0.261 e. The molecule has 0 aromatic heterocycles. The maximum absolute atomic E-state index is 13.8. The van der Waals surface area contributed by atoms with Crippen LogP contribution in [0.5, 0.6) is 0 Å². The van der Waals surface area contributed by atoms with E-state index in [9.17, 15) is 8.42 Å². The third kappa shape index (κ3) is 4.60. The Balaban J connectivity index is 1.52. The number of piperidine rings is 1. The van der Waals surface area contributed by atoms with Crippen LogP contribution >= 0.6 is 0 Å². The molecule has 1 aliphatic carbocycles. The molecule has 6 heteroatoms. The Bertz CT molecular complexity index is 1250. The van der Waals surface area contributed by atoms with Crippen LogP contribution in [0.25, 0.3) is 0 Å². The molecule has 5 rings (SSSR count). The number of fused-ring (bicyclic) bond motifs is 1. The summed E-state index contributed by atoms with van der Waals surface area (Å²) in [6, 6.07) is 28.2. The van der Waals surface area contributed by atoms with E-state index in [-0.39, 0.29) is 11.1 Å². The Morgan fingerprint density at radius 2 is 1.39 bits per heavy atom. The second-order valence-electron chi connectivity index (χ2n) is 11.5. The summed E-state index contributed by atoms with van der Waals surface area (Å²) in [6.07, 6.45) is 1.99. The van der Waals surface area contributed by atoms with Crippen molar-refractivity contribution in [2.75, 3.05) is 13.2 Å². The minimum atomic E-state index is -3.60. The molecule has 0 bridgehead atoms. The number of rotatable bonds is 7. The highest BCUT2D eigenvalue weighted by Crippen LogP contribution is 2.49. The first-order chi connectivity index (χ1) is 17.1. The molecule has 0 spiro atoms. The lowest BCUT2D eigenvalue weighted by molar-refractivity contribution is 0.157. The molecule has 0 radical (unpaired) electrons. The molecule has 1 aliphatic heterocycles. The van der Waals surface area contributed by atoms with Crippen molar-refractivity contribution in [3.63, 3.8) is 0 Å². The summed E-state index contributed by atoms with van der Waals surface area (Å²) in [7, 11) is -6.34. The number of hydrogen-bond acceptors (Lipinski definition) is 3. The molecule has 1 heterocycles. The number of benzene rings is 3. The largest absolute Gasteiger partial charge is 0.406 e. The van der Waals surface area contributed by atoms with E-state index in [1.54, 1.807) is 16.4 Å². The SMILES string of the molecule is Cc1ccc(S(=O)(=O)N2C[C@@H]3C[C@@H]3C[C@H]2CO[Si](c2ccccc2)(c2ccccc2)C(C)(C)C)cc1. The number of aryl methyl sites for hydroxylation is 1. The van der Waals surface area contributed by atoms with E-state index in [0.29, 0.717) is 29.9 Å². The Morgan fingerprint density at radius 3 is 1.92 bits per heavy atom. The lowest BCUT2D eigenvalue weighted by Gasteiger charge is -2.45. The van der Waals surface area contributed by atoms with E-state index in [1.807, 2.05) is 31.2 Å². The molecular formula is C30H37NO3SSi. The van der Waals surface area contributed by atoms with Crippen molar-refractivity contribution in [3.05, 3.63) is 90.5 Å². The van der Waals surface area contributed by atoms with Gasteiger partial charge in [0.25, 0.3) is 8.32 Å². The van der Waals surface area contributed by atoms with Gasteiger partial charge in [-0.1, -0.05) is 99.1 Å². The summed E-state index contributed by atoms with van der Waals surface area (Å²) in [5.74, 6) is 1.09. The van der Waals surface area contributed by atoms with Gasteiger partial charge >= 0.3 is 0 Å². The second-order valence-corrected chi connectivity index (χ2v) is 17.7. The summed E-state index contributed by atoms with van der Waals surface area (Å²) in [5, 5.41) is 2.29. The molecule has 0 N–H and O–H groups in total. The third-order valence-corrected chi connectivity index (χ3v) is 14.9. The maximum atomic E-state index is 13.8. The van der Waals surface area contributed by atoms with Crippen molar-refractivity contribution < 1.29 is 12.8 Å². The molecule has 3 aromatic rings. The average Bonchev–Trinajstić information content (AvgIpc) is 3.63. The van der Waals surface area contributed by atoms with Gasteiger partial charge in [0, 0.05) is 12.6 Å². The fourth-order valence-electron chi connectivity index (χ4n) is 5.94. The van der Waals surface area contributed by atoms with Crippen LogP contribution in [-0.2, 0) is 14.4 Å². The minimum absolute atomic E-state index is 0.146. The number of sulfonamides is 1. The molecule has 2 aliphatic rings. The topological polar surface area (TPSA) is 46.6 Å². The van der Waals surface area contributed by atoms with E-state index in [1.165, 1.54) is 10.4 Å². The molecule has 4 nitrogen and oxygen atoms in total. The van der Waals surface area contributed by atoms with Crippen LogP contribution in [-0.4, -0.2) is 40.2 Å². The summed E-state index contributed by atoms with van der Waals surface area (Å²) in [5.41, 5.74) is 1.06. The second kappa shape index (κ2) is 9.56. The van der Waals surface area contributed by atoms with Crippen LogP contribution in [0.2, 0.25) is 5.04 Å². The summed E-state index contributed by atoms with van der Waals surface area (Å²) in [4.78, 5) is 0.377. The van der Waals surface area contributed by atoms with Gasteiger partial charge in [0.05, 0.1) is 11.5 Å².